The van der Waals surface area contributed by atoms with E-state index >= 15 is 0 Å². The molecule has 1 aliphatic rings. The highest BCUT2D eigenvalue weighted by Crippen LogP contribution is 2.36. The van der Waals surface area contributed by atoms with Crippen LogP contribution < -0.4 is 0 Å². The molecule has 0 unspecified atom stereocenters. The Bertz CT molecular complexity index is 863. The molecule has 0 saturated carbocycles. The number of aryl methyl sites for hydroxylation is 1. The normalized spacial score (nSPS) is 15.2. The minimum atomic E-state index is -0.173. The molecule has 2 aromatic rings. The van der Waals surface area contributed by atoms with Crippen LogP contribution in [0, 0.1) is 0 Å². The highest BCUT2D eigenvalue weighted by Gasteiger charge is 2.25. The molecule has 0 aromatic heterocycles. The number of hydrogen-bond donors (Lipinski definition) is 0. The van der Waals surface area contributed by atoms with Crippen molar-refractivity contribution in [3.63, 3.8) is 0 Å². The van der Waals surface area contributed by atoms with Gasteiger partial charge in [-0.25, -0.2) is 0 Å². The van der Waals surface area contributed by atoms with Crippen molar-refractivity contribution in [1.82, 2.24) is 4.90 Å². The number of allylic oxidation sites excluding steroid dienone is 1. The summed E-state index contributed by atoms with van der Waals surface area (Å²) in [5.74, 6) is 0.228. The maximum absolute atomic E-state index is 12.9. The molecule has 128 valence electrons. The molecule has 1 amide bonds. The smallest absolute Gasteiger partial charge is 0.293 e. The number of hydrogen-bond acceptors (Lipinski definition) is 2. The van der Waals surface area contributed by atoms with Gasteiger partial charge in [-0.1, -0.05) is 43.0 Å². The maximum Gasteiger partial charge on any atom is 0.293 e. The number of rotatable bonds is 5. The first-order valence-corrected chi connectivity index (χ1v) is 8.53. The summed E-state index contributed by atoms with van der Waals surface area (Å²) in [6.07, 6.45) is 6.07. The van der Waals surface area contributed by atoms with E-state index in [4.69, 9.17) is 4.74 Å². The monoisotopic (exact) mass is 333 g/mol. The summed E-state index contributed by atoms with van der Waals surface area (Å²) in [6.45, 7) is 7.84. The number of carbonyl (C=O) groups is 1. The van der Waals surface area contributed by atoms with Crippen LogP contribution in [0.15, 0.2) is 67.6 Å². The fraction of sp³-hybridized carbons (Fsp3) is 0.227. The van der Waals surface area contributed by atoms with Crippen LogP contribution in [-0.4, -0.2) is 24.5 Å². The molecule has 0 radical (unpaired) electrons. The van der Waals surface area contributed by atoms with Gasteiger partial charge in [-0.05, 0) is 47.2 Å². The second-order valence-electron chi connectivity index (χ2n) is 6.15. The van der Waals surface area contributed by atoms with Gasteiger partial charge in [0.1, 0.15) is 0 Å². The second-order valence-corrected chi connectivity index (χ2v) is 6.15. The lowest BCUT2D eigenvalue weighted by atomic mass is 9.84. The summed E-state index contributed by atoms with van der Waals surface area (Å²) >= 11 is 0. The van der Waals surface area contributed by atoms with E-state index in [0.29, 0.717) is 12.3 Å². The van der Waals surface area contributed by atoms with Crippen LogP contribution in [0.4, 0.5) is 0 Å². The Kier molecular flexibility index (Phi) is 5.03. The summed E-state index contributed by atoms with van der Waals surface area (Å²) in [7, 11) is 1.56. The number of ether oxygens (including phenoxy) is 1. The van der Waals surface area contributed by atoms with E-state index in [1.165, 1.54) is 27.4 Å². The van der Waals surface area contributed by atoms with Gasteiger partial charge < -0.3 is 9.64 Å². The summed E-state index contributed by atoms with van der Waals surface area (Å²) in [6, 6.07) is 12.7. The molecule has 0 saturated heterocycles. The van der Waals surface area contributed by atoms with Crippen LogP contribution >= 0.6 is 0 Å². The Labute approximate surface area is 148 Å². The maximum atomic E-state index is 12.9. The minimum Gasteiger partial charge on any atom is -0.491 e. The standard InChI is InChI=1S/C22H23NO2/c1-4-13-23(5-2)22(24)21(25-3)19-12-8-11-18-14-16-9-6-7-10-17(16)15-20(18)19/h4-7,9-10,14-15H,1-2,8,11-13H2,3H3/b21-19+. The van der Waals surface area contributed by atoms with Crippen molar-refractivity contribution < 1.29 is 9.53 Å². The summed E-state index contributed by atoms with van der Waals surface area (Å²) in [5.41, 5.74) is 3.38. The Morgan fingerprint density at radius 2 is 1.92 bits per heavy atom. The average molecular weight is 333 g/mol. The Balaban J connectivity index is 2.14. The highest BCUT2D eigenvalue weighted by molar-refractivity contribution is 6.01. The molecule has 0 N–H and O–H groups in total. The highest BCUT2D eigenvalue weighted by atomic mass is 16.5. The van der Waals surface area contributed by atoms with E-state index < -0.39 is 0 Å². The number of nitrogens with zero attached hydrogens (tertiary/aromatic N) is 1. The van der Waals surface area contributed by atoms with Gasteiger partial charge in [0.05, 0.1) is 7.11 Å². The van der Waals surface area contributed by atoms with Crippen molar-refractivity contribution in [2.24, 2.45) is 0 Å². The van der Waals surface area contributed by atoms with Crippen molar-refractivity contribution in [2.45, 2.75) is 19.3 Å². The van der Waals surface area contributed by atoms with E-state index in [1.54, 1.807) is 13.2 Å². The number of carbonyl (C=O) groups excluding carboxylic acids is 1. The van der Waals surface area contributed by atoms with Crippen LogP contribution in [-0.2, 0) is 16.0 Å². The number of fused-ring (bicyclic) bond motifs is 2. The van der Waals surface area contributed by atoms with Gasteiger partial charge in [-0.15, -0.1) is 6.58 Å². The molecule has 2 aromatic carbocycles. The third-order valence-electron chi connectivity index (χ3n) is 4.65. The SMILES string of the molecule is C=CCN(C=C)C(=O)/C(OC)=C1/CCCc2cc3ccccc3cc21. The molecule has 0 bridgehead atoms. The number of benzene rings is 2. The molecule has 3 heteroatoms. The summed E-state index contributed by atoms with van der Waals surface area (Å²) < 4.78 is 5.56. The predicted octanol–water partition coefficient (Wildman–Crippen LogP) is 4.69. The molecular weight excluding hydrogens is 310 g/mol. The van der Waals surface area contributed by atoms with Crippen molar-refractivity contribution >= 4 is 22.3 Å². The topological polar surface area (TPSA) is 29.5 Å². The van der Waals surface area contributed by atoms with Crippen LogP contribution in [0.3, 0.4) is 0 Å². The second kappa shape index (κ2) is 7.39. The van der Waals surface area contributed by atoms with Crippen LogP contribution in [0.1, 0.15) is 24.0 Å². The van der Waals surface area contributed by atoms with Crippen LogP contribution in [0.2, 0.25) is 0 Å². The molecule has 0 spiro atoms. The zero-order valence-corrected chi connectivity index (χ0v) is 14.6. The third-order valence-corrected chi connectivity index (χ3v) is 4.65. The first-order chi connectivity index (χ1) is 12.2. The molecule has 0 fully saturated rings. The lowest BCUT2D eigenvalue weighted by Crippen LogP contribution is -2.28. The summed E-state index contributed by atoms with van der Waals surface area (Å²) in [4.78, 5) is 14.4. The van der Waals surface area contributed by atoms with E-state index in [2.05, 4.69) is 43.5 Å². The zero-order chi connectivity index (χ0) is 17.8. The van der Waals surface area contributed by atoms with Gasteiger partial charge in [-0.3, -0.25) is 4.79 Å². The molecule has 0 aliphatic heterocycles. The van der Waals surface area contributed by atoms with Gasteiger partial charge in [0.15, 0.2) is 5.76 Å². The van der Waals surface area contributed by atoms with Gasteiger partial charge in [0, 0.05) is 18.3 Å². The molecule has 0 atom stereocenters. The molecule has 3 rings (SSSR count). The predicted molar refractivity (Wildman–Crippen MR) is 103 cm³/mol. The van der Waals surface area contributed by atoms with Gasteiger partial charge >= 0.3 is 0 Å². The Morgan fingerprint density at radius 3 is 2.56 bits per heavy atom. The van der Waals surface area contributed by atoms with Crippen molar-refractivity contribution in [3.8, 4) is 0 Å². The number of methoxy groups -OCH3 is 1. The quantitative estimate of drug-likeness (QED) is 0.451. The van der Waals surface area contributed by atoms with E-state index in [1.807, 2.05) is 6.07 Å². The Hall–Kier alpha value is -2.81. The fourth-order valence-corrected chi connectivity index (χ4v) is 3.45. The van der Waals surface area contributed by atoms with Crippen LogP contribution in [0.25, 0.3) is 16.3 Å². The van der Waals surface area contributed by atoms with Crippen molar-refractivity contribution in [2.75, 3.05) is 13.7 Å². The van der Waals surface area contributed by atoms with Crippen LogP contribution in [0.5, 0.6) is 0 Å². The van der Waals surface area contributed by atoms with E-state index in [9.17, 15) is 4.79 Å². The van der Waals surface area contributed by atoms with Gasteiger partial charge in [0.2, 0.25) is 0 Å². The third kappa shape index (κ3) is 3.22. The van der Waals surface area contributed by atoms with E-state index in [-0.39, 0.29) is 5.91 Å². The average Bonchev–Trinajstić information content (AvgIpc) is 2.65. The molecule has 0 heterocycles. The zero-order valence-electron chi connectivity index (χ0n) is 14.6. The van der Waals surface area contributed by atoms with Gasteiger partial charge in [0.25, 0.3) is 5.91 Å². The summed E-state index contributed by atoms with van der Waals surface area (Å²) in [5, 5.41) is 2.40. The van der Waals surface area contributed by atoms with Crippen molar-refractivity contribution in [1.29, 1.82) is 0 Å². The van der Waals surface area contributed by atoms with Gasteiger partial charge in [-0.2, -0.15) is 0 Å². The lowest BCUT2D eigenvalue weighted by Gasteiger charge is -2.24. The van der Waals surface area contributed by atoms with E-state index in [0.717, 1.165) is 30.4 Å². The minimum absolute atomic E-state index is 0.173. The molecule has 1 aliphatic carbocycles. The Morgan fingerprint density at radius 1 is 1.20 bits per heavy atom. The first-order valence-electron chi connectivity index (χ1n) is 8.53. The van der Waals surface area contributed by atoms with Crippen molar-refractivity contribution in [3.05, 3.63) is 78.7 Å². The fourth-order valence-electron chi connectivity index (χ4n) is 3.45. The molecular formula is C22H23NO2. The molecule has 3 nitrogen and oxygen atoms in total. The largest absolute Gasteiger partial charge is 0.491 e. The number of amides is 1. The first kappa shape index (κ1) is 17.0. The molecule has 25 heavy (non-hydrogen) atoms. The lowest BCUT2D eigenvalue weighted by molar-refractivity contribution is -0.127.